The van der Waals surface area contributed by atoms with E-state index >= 15 is 0 Å². The van der Waals surface area contributed by atoms with E-state index in [1.54, 1.807) is 0 Å². The van der Waals surface area contributed by atoms with Gasteiger partial charge in [-0.1, -0.05) is 15.9 Å². The van der Waals surface area contributed by atoms with E-state index in [4.69, 9.17) is 4.74 Å². The molecule has 1 rings (SSSR count). The minimum atomic E-state index is -0.245. The first-order valence-corrected chi connectivity index (χ1v) is 3.64. The lowest BCUT2D eigenvalue weighted by Gasteiger charge is -2.19. The van der Waals surface area contributed by atoms with Crippen LogP contribution in [-0.4, -0.2) is 10.8 Å². The summed E-state index contributed by atoms with van der Waals surface area (Å²) in [6, 6.07) is 0. The number of hydrogen-bond donors (Lipinski definition) is 0. The normalized spacial score (nSPS) is 24.2. The first kappa shape index (κ1) is 6.81. The molecule has 1 unspecified atom stereocenters. The van der Waals surface area contributed by atoms with Crippen molar-refractivity contribution in [2.45, 2.75) is 18.2 Å². The van der Waals surface area contributed by atoms with Crippen molar-refractivity contribution < 1.29 is 9.53 Å². The summed E-state index contributed by atoms with van der Waals surface area (Å²) in [4.78, 5) is 10.6. The third-order valence-corrected chi connectivity index (χ3v) is 1.92. The van der Waals surface area contributed by atoms with E-state index in [1.807, 2.05) is 6.08 Å². The van der Waals surface area contributed by atoms with Crippen LogP contribution in [-0.2, 0) is 9.53 Å². The minimum absolute atomic E-state index is 0.245. The SMILES string of the molecule is CC(=O)OC1=CCC1Br. The Bertz CT molecular complexity index is 162. The zero-order valence-corrected chi connectivity index (χ0v) is 6.64. The number of allylic oxidation sites excluding steroid dienone is 2. The van der Waals surface area contributed by atoms with Gasteiger partial charge >= 0.3 is 5.97 Å². The maximum atomic E-state index is 10.3. The molecule has 3 heteroatoms. The number of hydrogen-bond acceptors (Lipinski definition) is 2. The summed E-state index contributed by atoms with van der Waals surface area (Å²) in [6.45, 7) is 1.40. The van der Waals surface area contributed by atoms with Gasteiger partial charge in [-0.25, -0.2) is 0 Å². The molecule has 0 fully saturated rings. The zero-order chi connectivity index (χ0) is 6.85. The molecule has 2 nitrogen and oxygen atoms in total. The maximum Gasteiger partial charge on any atom is 0.307 e. The molecular formula is C6H7BrO2. The first-order valence-electron chi connectivity index (χ1n) is 2.72. The Balaban J connectivity index is 2.38. The molecule has 50 valence electrons. The van der Waals surface area contributed by atoms with E-state index in [1.165, 1.54) is 6.92 Å². The van der Waals surface area contributed by atoms with Crippen molar-refractivity contribution in [3.63, 3.8) is 0 Å². The number of carbonyl (C=O) groups is 1. The van der Waals surface area contributed by atoms with Crippen LogP contribution in [0.25, 0.3) is 0 Å². The van der Waals surface area contributed by atoms with Crippen molar-refractivity contribution >= 4 is 21.9 Å². The molecule has 0 aliphatic heterocycles. The zero-order valence-electron chi connectivity index (χ0n) is 5.06. The van der Waals surface area contributed by atoms with Crippen molar-refractivity contribution in [2.24, 2.45) is 0 Å². The van der Waals surface area contributed by atoms with Gasteiger partial charge in [0.2, 0.25) is 0 Å². The van der Waals surface area contributed by atoms with Gasteiger partial charge < -0.3 is 4.74 Å². The summed E-state index contributed by atoms with van der Waals surface area (Å²) in [5.74, 6) is 0.507. The molecule has 1 aliphatic carbocycles. The summed E-state index contributed by atoms with van der Waals surface area (Å²) in [5, 5.41) is 0. The molecule has 0 saturated carbocycles. The molecule has 0 N–H and O–H groups in total. The predicted molar refractivity (Wildman–Crippen MR) is 37.2 cm³/mol. The second kappa shape index (κ2) is 2.52. The molecule has 0 radical (unpaired) electrons. The number of alkyl halides is 1. The van der Waals surface area contributed by atoms with Crippen LogP contribution in [0.3, 0.4) is 0 Å². The molecule has 9 heavy (non-hydrogen) atoms. The molecule has 0 aromatic carbocycles. The van der Waals surface area contributed by atoms with Gasteiger partial charge in [-0.15, -0.1) is 0 Å². The summed E-state index contributed by atoms with van der Waals surface area (Å²) < 4.78 is 4.77. The Kier molecular flexibility index (Phi) is 1.90. The molecular weight excluding hydrogens is 184 g/mol. The van der Waals surface area contributed by atoms with Gasteiger partial charge in [0.15, 0.2) is 0 Å². The number of esters is 1. The van der Waals surface area contributed by atoms with Gasteiger partial charge in [-0.2, -0.15) is 0 Å². The highest BCUT2D eigenvalue weighted by Gasteiger charge is 2.20. The number of rotatable bonds is 1. The second-order valence-electron chi connectivity index (χ2n) is 1.90. The third-order valence-electron chi connectivity index (χ3n) is 1.10. The maximum absolute atomic E-state index is 10.3. The van der Waals surface area contributed by atoms with Crippen molar-refractivity contribution in [3.8, 4) is 0 Å². The summed E-state index contributed by atoms with van der Waals surface area (Å²) in [5.41, 5.74) is 0. The highest BCUT2D eigenvalue weighted by atomic mass is 79.9. The van der Waals surface area contributed by atoms with Crippen LogP contribution >= 0.6 is 15.9 Å². The largest absolute Gasteiger partial charge is 0.430 e. The van der Waals surface area contributed by atoms with Crippen LogP contribution in [0.5, 0.6) is 0 Å². The topological polar surface area (TPSA) is 26.3 Å². The van der Waals surface area contributed by atoms with E-state index in [2.05, 4.69) is 15.9 Å². The molecule has 0 saturated heterocycles. The van der Waals surface area contributed by atoms with Gasteiger partial charge in [0.25, 0.3) is 0 Å². The number of carbonyl (C=O) groups excluding carboxylic acids is 1. The van der Waals surface area contributed by atoms with E-state index in [0.29, 0.717) is 0 Å². The van der Waals surface area contributed by atoms with Crippen LogP contribution < -0.4 is 0 Å². The van der Waals surface area contributed by atoms with Gasteiger partial charge in [-0.05, 0) is 12.5 Å². The summed E-state index contributed by atoms with van der Waals surface area (Å²) in [7, 11) is 0. The molecule has 0 spiro atoms. The lowest BCUT2D eigenvalue weighted by atomic mass is 10.1. The smallest absolute Gasteiger partial charge is 0.307 e. The molecule has 1 atom stereocenters. The van der Waals surface area contributed by atoms with Gasteiger partial charge in [0, 0.05) is 6.92 Å². The Morgan fingerprint density at radius 2 is 2.67 bits per heavy atom. The molecule has 1 aliphatic rings. The highest BCUT2D eigenvalue weighted by Crippen LogP contribution is 2.27. The van der Waals surface area contributed by atoms with Crippen molar-refractivity contribution in [1.29, 1.82) is 0 Å². The molecule has 0 bridgehead atoms. The third kappa shape index (κ3) is 1.55. The van der Waals surface area contributed by atoms with Gasteiger partial charge in [0.1, 0.15) is 5.76 Å². The Labute approximate surface area is 62.0 Å². The minimum Gasteiger partial charge on any atom is -0.430 e. The van der Waals surface area contributed by atoms with Crippen molar-refractivity contribution in [3.05, 3.63) is 11.8 Å². The summed E-state index contributed by atoms with van der Waals surface area (Å²) >= 11 is 3.31. The fraction of sp³-hybridized carbons (Fsp3) is 0.500. The van der Waals surface area contributed by atoms with E-state index in [-0.39, 0.29) is 10.8 Å². The Morgan fingerprint density at radius 3 is 2.78 bits per heavy atom. The van der Waals surface area contributed by atoms with E-state index in [0.717, 1.165) is 12.2 Å². The van der Waals surface area contributed by atoms with Crippen LogP contribution in [0.4, 0.5) is 0 Å². The monoisotopic (exact) mass is 190 g/mol. The molecule has 0 heterocycles. The quantitative estimate of drug-likeness (QED) is 0.464. The van der Waals surface area contributed by atoms with E-state index in [9.17, 15) is 4.79 Å². The first-order chi connectivity index (χ1) is 4.20. The standard InChI is InChI=1S/C6H7BrO2/c1-4(8)9-6-3-2-5(6)7/h3,5H,2H2,1H3. The summed E-state index contributed by atoms with van der Waals surface area (Å²) in [6.07, 6.45) is 2.85. The van der Waals surface area contributed by atoms with Crippen LogP contribution in [0.15, 0.2) is 11.8 Å². The number of halogens is 1. The number of ether oxygens (including phenoxy) is 1. The Hall–Kier alpha value is -0.310. The van der Waals surface area contributed by atoms with Crippen molar-refractivity contribution in [1.82, 2.24) is 0 Å². The van der Waals surface area contributed by atoms with Crippen molar-refractivity contribution in [2.75, 3.05) is 0 Å². The van der Waals surface area contributed by atoms with Crippen LogP contribution in [0.1, 0.15) is 13.3 Å². The highest BCUT2D eigenvalue weighted by molar-refractivity contribution is 9.09. The molecule has 0 amide bonds. The van der Waals surface area contributed by atoms with Crippen LogP contribution in [0.2, 0.25) is 0 Å². The fourth-order valence-electron chi connectivity index (χ4n) is 0.575. The van der Waals surface area contributed by atoms with Gasteiger partial charge in [-0.3, -0.25) is 4.79 Å². The Morgan fingerprint density at radius 1 is 2.00 bits per heavy atom. The van der Waals surface area contributed by atoms with E-state index < -0.39 is 0 Å². The second-order valence-corrected chi connectivity index (χ2v) is 3.01. The fourth-order valence-corrected chi connectivity index (χ4v) is 1.04. The average molecular weight is 191 g/mol. The molecule has 0 aromatic rings. The lowest BCUT2D eigenvalue weighted by molar-refractivity contribution is -0.137. The predicted octanol–water partition coefficient (Wildman–Crippen LogP) is 1.60. The van der Waals surface area contributed by atoms with Gasteiger partial charge in [0.05, 0.1) is 4.83 Å². The average Bonchev–Trinajstić information content (AvgIpc) is 1.79. The molecule has 0 aromatic heterocycles. The van der Waals surface area contributed by atoms with Crippen LogP contribution in [0, 0.1) is 0 Å². The lowest BCUT2D eigenvalue weighted by Crippen LogP contribution is -2.16.